The summed E-state index contributed by atoms with van der Waals surface area (Å²) in [5.74, 6) is 1.06. The van der Waals surface area contributed by atoms with Gasteiger partial charge in [0.05, 0.1) is 10.7 Å². The first kappa shape index (κ1) is 12.8. The Kier molecular flexibility index (Phi) is 4.01. The molecule has 2 aromatic carbocycles. The van der Waals surface area contributed by atoms with E-state index in [1.165, 1.54) is 0 Å². The molecule has 2 rings (SSSR count). The summed E-state index contributed by atoms with van der Waals surface area (Å²) in [6, 6.07) is 10.7. The Balaban J connectivity index is 2.35. The molecule has 0 saturated carbocycles. The molecule has 0 aliphatic carbocycles. The lowest BCUT2D eigenvalue weighted by Gasteiger charge is -2.10. The Labute approximate surface area is 123 Å². The van der Waals surface area contributed by atoms with Gasteiger partial charge in [-0.2, -0.15) is 0 Å². The zero-order valence-corrected chi connectivity index (χ0v) is 12.3. The van der Waals surface area contributed by atoms with E-state index in [0.717, 1.165) is 3.57 Å². The van der Waals surface area contributed by atoms with Crippen molar-refractivity contribution in [2.24, 2.45) is 0 Å². The summed E-state index contributed by atoms with van der Waals surface area (Å²) in [4.78, 5) is 0. The molecule has 0 unspecified atom stereocenters. The van der Waals surface area contributed by atoms with Gasteiger partial charge in [0.2, 0.25) is 0 Å². The molecule has 0 aromatic heterocycles. The Morgan fingerprint density at radius 3 is 2.53 bits per heavy atom. The van der Waals surface area contributed by atoms with Gasteiger partial charge in [-0.3, -0.25) is 0 Å². The first-order chi connectivity index (χ1) is 8.08. The molecule has 0 amide bonds. The van der Waals surface area contributed by atoms with Crippen LogP contribution in [0.25, 0.3) is 0 Å². The van der Waals surface area contributed by atoms with E-state index in [0.29, 0.717) is 27.2 Å². The van der Waals surface area contributed by atoms with Gasteiger partial charge in [-0.25, -0.2) is 0 Å². The summed E-state index contributed by atoms with van der Waals surface area (Å²) in [6.45, 7) is 0. The number of benzene rings is 2. The third-order valence-corrected chi connectivity index (χ3v) is 3.58. The molecule has 0 fully saturated rings. The molecule has 17 heavy (non-hydrogen) atoms. The van der Waals surface area contributed by atoms with Crippen LogP contribution in [0.4, 0.5) is 5.69 Å². The quantitative estimate of drug-likeness (QED) is 0.590. The van der Waals surface area contributed by atoms with Crippen molar-refractivity contribution in [3.05, 3.63) is 50.0 Å². The molecular weight excluding hydrogens is 372 g/mol. The van der Waals surface area contributed by atoms with E-state index in [-0.39, 0.29) is 0 Å². The van der Waals surface area contributed by atoms with Crippen LogP contribution in [-0.2, 0) is 0 Å². The number of nitrogen functional groups attached to an aromatic ring is 1. The highest BCUT2D eigenvalue weighted by Gasteiger charge is 2.08. The lowest BCUT2D eigenvalue weighted by Crippen LogP contribution is -1.93. The van der Waals surface area contributed by atoms with Crippen LogP contribution < -0.4 is 10.5 Å². The van der Waals surface area contributed by atoms with Gasteiger partial charge in [0.1, 0.15) is 16.5 Å². The molecule has 0 spiro atoms. The Hall–Kier alpha value is -0.650. The summed E-state index contributed by atoms with van der Waals surface area (Å²) in [5.41, 5.74) is 6.41. The van der Waals surface area contributed by atoms with E-state index in [2.05, 4.69) is 22.6 Å². The zero-order chi connectivity index (χ0) is 12.4. The predicted molar refractivity (Wildman–Crippen MR) is 80.1 cm³/mol. The van der Waals surface area contributed by atoms with Gasteiger partial charge in [0, 0.05) is 3.57 Å². The van der Waals surface area contributed by atoms with Crippen LogP contribution in [-0.4, -0.2) is 0 Å². The fraction of sp³-hybridized carbons (Fsp3) is 0. The normalized spacial score (nSPS) is 10.3. The average Bonchev–Trinajstić information content (AvgIpc) is 2.28. The minimum Gasteiger partial charge on any atom is -0.454 e. The summed E-state index contributed by atoms with van der Waals surface area (Å²) < 4.78 is 6.68. The van der Waals surface area contributed by atoms with Gasteiger partial charge in [-0.15, -0.1) is 0 Å². The van der Waals surface area contributed by atoms with Crippen molar-refractivity contribution in [3.8, 4) is 11.5 Å². The van der Waals surface area contributed by atoms with E-state index >= 15 is 0 Å². The van der Waals surface area contributed by atoms with Crippen LogP contribution in [0.1, 0.15) is 0 Å². The van der Waals surface area contributed by atoms with Crippen molar-refractivity contribution in [1.29, 1.82) is 0 Å². The number of rotatable bonds is 2. The SMILES string of the molecule is Nc1cc(I)ccc1Oc1cccc(Cl)c1Cl. The molecule has 2 aromatic rings. The number of halogens is 3. The molecule has 88 valence electrons. The largest absolute Gasteiger partial charge is 0.454 e. The maximum absolute atomic E-state index is 6.03. The van der Waals surface area contributed by atoms with Crippen molar-refractivity contribution in [2.75, 3.05) is 5.73 Å². The monoisotopic (exact) mass is 379 g/mol. The summed E-state index contributed by atoms with van der Waals surface area (Å²) in [7, 11) is 0. The van der Waals surface area contributed by atoms with Gasteiger partial charge in [0.15, 0.2) is 0 Å². The van der Waals surface area contributed by atoms with Gasteiger partial charge >= 0.3 is 0 Å². The van der Waals surface area contributed by atoms with E-state index in [1.54, 1.807) is 24.3 Å². The van der Waals surface area contributed by atoms with Crippen molar-refractivity contribution in [1.82, 2.24) is 0 Å². The van der Waals surface area contributed by atoms with Crippen LogP contribution >= 0.6 is 45.8 Å². The zero-order valence-electron chi connectivity index (χ0n) is 8.58. The molecule has 0 saturated heterocycles. The van der Waals surface area contributed by atoms with Gasteiger partial charge in [0.25, 0.3) is 0 Å². The highest BCUT2D eigenvalue weighted by atomic mass is 127. The van der Waals surface area contributed by atoms with Crippen LogP contribution in [0, 0.1) is 3.57 Å². The maximum atomic E-state index is 6.03. The second-order valence-corrected chi connectivity index (χ2v) is 5.37. The summed E-state index contributed by atoms with van der Waals surface area (Å²) in [5, 5.41) is 0.834. The number of nitrogens with two attached hydrogens (primary N) is 1. The summed E-state index contributed by atoms with van der Waals surface area (Å²) in [6.07, 6.45) is 0. The second kappa shape index (κ2) is 5.33. The third kappa shape index (κ3) is 2.97. The topological polar surface area (TPSA) is 35.2 Å². The molecular formula is C12H8Cl2INO. The smallest absolute Gasteiger partial charge is 0.150 e. The maximum Gasteiger partial charge on any atom is 0.150 e. The van der Waals surface area contributed by atoms with Crippen molar-refractivity contribution < 1.29 is 4.74 Å². The van der Waals surface area contributed by atoms with Crippen LogP contribution in [0.5, 0.6) is 11.5 Å². The molecule has 2 nitrogen and oxygen atoms in total. The number of hydrogen-bond acceptors (Lipinski definition) is 2. The molecule has 0 aliphatic rings. The summed E-state index contributed by atoms with van der Waals surface area (Å²) >= 11 is 14.1. The molecule has 0 heterocycles. The number of anilines is 1. The lowest BCUT2D eigenvalue weighted by atomic mass is 10.3. The molecule has 0 atom stereocenters. The fourth-order valence-corrected chi connectivity index (χ4v) is 2.14. The Morgan fingerprint density at radius 2 is 1.82 bits per heavy atom. The Bertz CT molecular complexity index is 560. The average molecular weight is 380 g/mol. The minimum absolute atomic E-state index is 0.382. The first-order valence-electron chi connectivity index (χ1n) is 4.75. The van der Waals surface area contributed by atoms with Crippen LogP contribution in [0.15, 0.2) is 36.4 Å². The van der Waals surface area contributed by atoms with Gasteiger partial charge in [-0.05, 0) is 52.9 Å². The molecule has 0 bridgehead atoms. The Morgan fingerprint density at radius 1 is 1.06 bits per heavy atom. The fourth-order valence-electron chi connectivity index (χ4n) is 1.29. The third-order valence-electron chi connectivity index (χ3n) is 2.11. The predicted octanol–water partition coefficient (Wildman–Crippen LogP) is 4.97. The highest BCUT2D eigenvalue weighted by molar-refractivity contribution is 14.1. The minimum atomic E-state index is 0.382. The van der Waals surface area contributed by atoms with Crippen LogP contribution in [0.2, 0.25) is 10.0 Å². The highest BCUT2D eigenvalue weighted by Crippen LogP contribution is 2.36. The molecule has 0 aliphatic heterocycles. The molecule has 5 heteroatoms. The molecule has 2 N–H and O–H groups in total. The van der Waals surface area contributed by atoms with E-state index in [9.17, 15) is 0 Å². The second-order valence-electron chi connectivity index (χ2n) is 3.34. The number of hydrogen-bond donors (Lipinski definition) is 1. The van der Waals surface area contributed by atoms with Crippen molar-refractivity contribution >= 4 is 51.5 Å². The molecule has 0 radical (unpaired) electrons. The van der Waals surface area contributed by atoms with E-state index in [1.807, 2.05) is 12.1 Å². The van der Waals surface area contributed by atoms with E-state index in [4.69, 9.17) is 33.7 Å². The van der Waals surface area contributed by atoms with Crippen LogP contribution in [0.3, 0.4) is 0 Å². The first-order valence-corrected chi connectivity index (χ1v) is 6.58. The lowest BCUT2D eigenvalue weighted by molar-refractivity contribution is 0.485. The van der Waals surface area contributed by atoms with Crippen molar-refractivity contribution in [2.45, 2.75) is 0 Å². The number of ether oxygens (including phenoxy) is 1. The van der Waals surface area contributed by atoms with Crippen molar-refractivity contribution in [3.63, 3.8) is 0 Å². The van der Waals surface area contributed by atoms with Gasteiger partial charge < -0.3 is 10.5 Å². The van der Waals surface area contributed by atoms with Gasteiger partial charge in [-0.1, -0.05) is 29.3 Å². The van der Waals surface area contributed by atoms with E-state index < -0.39 is 0 Å². The standard InChI is InChI=1S/C12H8Cl2INO/c13-8-2-1-3-11(12(8)14)17-10-5-4-7(15)6-9(10)16/h1-6H,16H2.